The van der Waals surface area contributed by atoms with Crippen molar-refractivity contribution in [2.24, 2.45) is 0 Å². The van der Waals surface area contributed by atoms with E-state index in [1.165, 1.54) is 12.1 Å². The van der Waals surface area contributed by atoms with E-state index in [0.717, 1.165) is 17.8 Å². The van der Waals surface area contributed by atoms with Crippen LogP contribution in [0.25, 0.3) is 0 Å². The number of benzene rings is 1. The third kappa shape index (κ3) is 2.05. The van der Waals surface area contributed by atoms with Crippen LogP contribution >= 0.6 is 0 Å². The molecule has 2 aromatic rings. The first-order valence-corrected chi connectivity index (χ1v) is 5.24. The van der Waals surface area contributed by atoms with Crippen LogP contribution in [0.1, 0.15) is 18.3 Å². The molecule has 16 heavy (non-hydrogen) atoms. The van der Waals surface area contributed by atoms with Gasteiger partial charge in [0.25, 0.3) is 0 Å². The summed E-state index contributed by atoms with van der Waals surface area (Å²) >= 11 is 0. The van der Waals surface area contributed by atoms with Crippen molar-refractivity contribution in [3.63, 3.8) is 0 Å². The molecule has 0 aliphatic heterocycles. The van der Waals surface area contributed by atoms with E-state index in [1.807, 2.05) is 17.7 Å². The highest BCUT2D eigenvalue weighted by Gasteiger charge is 2.04. The molecule has 1 aromatic heterocycles. The second kappa shape index (κ2) is 4.35. The number of imidazole rings is 1. The maximum Gasteiger partial charge on any atom is 0.125 e. The summed E-state index contributed by atoms with van der Waals surface area (Å²) in [6.45, 7) is 2.68. The molecule has 0 bridgehead atoms. The van der Waals surface area contributed by atoms with Crippen LogP contribution in [0.15, 0.2) is 30.6 Å². The first kappa shape index (κ1) is 10.7. The van der Waals surface area contributed by atoms with Gasteiger partial charge in [-0.25, -0.2) is 9.37 Å². The van der Waals surface area contributed by atoms with Crippen LogP contribution in [0.2, 0.25) is 0 Å². The quantitative estimate of drug-likeness (QED) is 0.804. The lowest BCUT2D eigenvalue weighted by Gasteiger charge is -2.09. The zero-order valence-corrected chi connectivity index (χ0v) is 9.15. The number of halogens is 1. The summed E-state index contributed by atoms with van der Waals surface area (Å²) in [6.07, 6.45) is 4.54. The average molecular weight is 219 g/mol. The number of anilines is 1. The standard InChI is InChI=1S/C12H14FN3/c1-2-12-15-5-6-16(12)8-9-3-4-10(13)7-11(9)14/h3-7H,2,8,14H2,1H3. The molecule has 84 valence electrons. The third-order valence-electron chi connectivity index (χ3n) is 2.57. The van der Waals surface area contributed by atoms with E-state index in [4.69, 9.17) is 5.73 Å². The molecule has 0 aliphatic rings. The van der Waals surface area contributed by atoms with Crippen LogP contribution in [-0.4, -0.2) is 9.55 Å². The Kier molecular flexibility index (Phi) is 2.90. The Balaban J connectivity index is 2.27. The zero-order valence-electron chi connectivity index (χ0n) is 9.15. The van der Waals surface area contributed by atoms with Gasteiger partial charge in [-0.3, -0.25) is 0 Å². The minimum atomic E-state index is -0.303. The first-order chi connectivity index (χ1) is 7.70. The highest BCUT2D eigenvalue weighted by molar-refractivity contribution is 5.47. The average Bonchev–Trinajstić information content (AvgIpc) is 2.69. The molecule has 0 spiro atoms. The molecule has 0 aliphatic carbocycles. The number of aryl methyl sites for hydroxylation is 1. The van der Waals surface area contributed by atoms with Gasteiger partial charge in [0.2, 0.25) is 0 Å². The van der Waals surface area contributed by atoms with Crippen molar-refractivity contribution in [3.05, 3.63) is 47.8 Å². The number of aromatic nitrogens is 2. The van der Waals surface area contributed by atoms with Crippen LogP contribution < -0.4 is 5.73 Å². The fraction of sp³-hybridized carbons (Fsp3) is 0.250. The van der Waals surface area contributed by atoms with Crippen LogP contribution in [0.4, 0.5) is 10.1 Å². The molecular formula is C12H14FN3. The normalized spacial score (nSPS) is 10.6. The molecule has 3 nitrogen and oxygen atoms in total. The largest absolute Gasteiger partial charge is 0.398 e. The maximum atomic E-state index is 12.9. The van der Waals surface area contributed by atoms with Crippen LogP contribution in [0, 0.1) is 5.82 Å². The molecule has 2 rings (SSSR count). The number of rotatable bonds is 3. The summed E-state index contributed by atoms with van der Waals surface area (Å²) in [7, 11) is 0. The summed E-state index contributed by atoms with van der Waals surface area (Å²) in [5.41, 5.74) is 7.15. The van der Waals surface area contributed by atoms with Gasteiger partial charge in [-0.15, -0.1) is 0 Å². The van der Waals surface area contributed by atoms with Gasteiger partial charge < -0.3 is 10.3 Å². The van der Waals surface area contributed by atoms with Gasteiger partial charge in [-0.1, -0.05) is 13.0 Å². The Labute approximate surface area is 93.7 Å². The Morgan fingerprint density at radius 2 is 2.25 bits per heavy atom. The molecule has 0 radical (unpaired) electrons. The van der Waals surface area contributed by atoms with Gasteiger partial charge in [0, 0.05) is 24.5 Å². The minimum Gasteiger partial charge on any atom is -0.398 e. The van der Waals surface area contributed by atoms with E-state index in [0.29, 0.717) is 12.2 Å². The predicted octanol–water partition coefficient (Wildman–Crippen LogP) is 2.22. The van der Waals surface area contributed by atoms with Crippen LogP contribution in [-0.2, 0) is 13.0 Å². The van der Waals surface area contributed by atoms with Gasteiger partial charge >= 0.3 is 0 Å². The fourth-order valence-corrected chi connectivity index (χ4v) is 1.69. The summed E-state index contributed by atoms with van der Waals surface area (Å²) in [5.74, 6) is 0.700. The van der Waals surface area contributed by atoms with Crippen molar-refractivity contribution in [2.75, 3.05) is 5.73 Å². The first-order valence-electron chi connectivity index (χ1n) is 5.24. The molecule has 0 amide bonds. The van der Waals surface area contributed by atoms with Crippen molar-refractivity contribution in [1.29, 1.82) is 0 Å². The van der Waals surface area contributed by atoms with Gasteiger partial charge in [-0.05, 0) is 17.7 Å². The summed E-state index contributed by atoms with van der Waals surface area (Å²) in [5, 5.41) is 0. The monoisotopic (exact) mass is 219 g/mol. The Morgan fingerprint density at radius 1 is 1.44 bits per heavy atom. The van der Waals surface area contributed by atoms with E-state index in [1.54, 1.807) is 12.3 Å². The molecule has 0 saturated carbocycles. The van der Waals surface area contributed by atoms with E-state index in [9.17, 15) is 4.39 Å². The molecule has 1 heterocycles. The number of nitrogen functional groups attached to an aromatic ring is 1. The van der Waals surface area contributed by atoms with E-state index in [-0.39, 0.29) is 5.82 Å². The number of nitrogens with zero attached hydrogens (tertiary/aromatic N) is 2. The lowest BCUT2D eigenvalue weighted by molar-refractivity contribution is 0.626. The topological polar surface area (TPSA) is 43.8 Å². The summed E-state index contributed by atoms with van der Waals surface area (Å²) < 4.78 is 14.9. The summed E-state index contributed by atoms with van der Waals surface area (Å²) in [6, 6.07) is 4.48. The molecule has 4 heteroatoms. The van der Waals surface area contributed by atoms with Crippen molar-refractivity contribution in [2.45, 2.75) is 19.9 Å². The molecule has 0 unspecified atom stereocenters. The molecule has 0 saturated heterocycles. The Bertz CT molecular complexity index is 491. The van der Waals surface area contributed by atoms with Crippen LogP contribution in [0.3, 0.4) is 0 Å². The van der Waals surface area contributed by atoms with E-state index >= 15 is 0 Å². The van der Waals surface area contributed by atoms with Gasteiger partial charge in [0.05, 0.1) is 6.54 Å². The zero-order chi connectivity index (χ0) is 11.5. The molecule has 0 atom stereocenters. The highest BCUT2D eigenvalue weighted by atomic mass is 19.1. The van der Waals surface area contributed by atoms with Gasteiger partial charge in [0.1, 0.15) is 11.6 Å². The molecule has 1 aromatic carbocycles. The smallest absolute Gasteiger partial charge is 0.125 e. The van der Waals surface area contributed by atoms with Crippen molar-refractivity contribution in [1.82, 2.24) is 9.55 Å². The second-order valence-corrected chi connectivity index (χ2v) is 3.67. The van der Waals surface area contributed by atoms with Crippen LogP contribution in [0.5, 0.6) is 0 Å². The second-order valence-electron chi connectivity index (χ2n) is 3.67. The van der Waals surface area contributed by atoms with Gasteiger partial charge in [0.15, 0.2) is 0 Å². The molecule has 0 fully saturated rings. The summed E-state index contributed by atoms with van der Waals surface area (Å²) in [4.78, 5) is 4.23. The third-order valence-corrected chi connectivity index (χ3v) is 2.57. The molecule has 2 N–H and O–H groups in total. The minimum absolute atomic E-state index is 0.303. The van der Waals surface area contributed by atoms with Crippen molar-refractivity contribution in [3.8, 4) is 0 Å². The van der Waals surface area contributed by atoms with Gasteiger partial charge in [-0.2, -0.15) is 0 Å². The number of nitrogens with two attached hydrogens (primary N) is 1. The number of hydrogen-bond donors (Lipinski definition) is 1. The maximum absolute atomic E-state index is 12.9. The van der Waals surface area contributed by atoms with E-state index in [2.05, 4.69) is 4.98 Å². The lowest BCUT2D eigenvalue weighted by Crippen LogP contribution is -2.05. The Hall–Kier alpha value is -1.84. The molecular weight excluding hydrogens is 205 g/mol. The number of hydrogen-bond acceptors (Lipinski definition) is 2. The highest BCUT2D eigenvalue weighted by Crippen LogP contribution is 2.15. The SMILES string of the molecule is CCc1nccn1Cc1ccc(F)cc1N. The van der Waals surface area contributed by atoms with E-state index < -0.39 is 0 Å². The lowest BCUT2D eigenvalue weighted by atomic mass is 10.1. The van der Waals surface area contributed by atoms with Crippen molar-refractivity contribution < 1.29 is 4.39 Å². The Morgan fingerprint density at radius 3 is 2.94 bits per heavy atom. The van der Waals surface area contributed by atoms with Crippen molar-refractivity contribution >= 4 is 5.69 Å². The fourth-order valence-electron chi connectivity index (χ4n) is 1.69. The predicted molar refractivity (Wildman–Crippen MR) is 61.5 cm³/mol.